The van der Waals surface area contributed by atoms with Gasteiger partial charge in [0, 0.05) is 18.7 Å². The molecule has 8 heteroatoms. The van der Waals surface area contributed by atoms with Gasteiger partial charge in [-0.05, 0) is 29.7 Å². The Bertz CT molecular complexity index is 1110. The Morgan fingerprint density at radius 1 is 0.966 bits per heavy atom. The first kappa shape index (κ1) is 17.4. The lowest BCUT2D eigenvalue weighted by molar-refractivity contribution is 0.0711. The van der Waals surface area contributed by atoms with Gasteiger partial charge in [-0.15, -0.1) is 0 Å². The number of rotatable bonds is 2. The summed E-state index contributed by atoms with van der Waals surface area (Å²) in [6.07, 6.45) is 2.07. The molecule has 0 radical (unpaired) electrons. The molecule has 2 amide bonds. The fraction of sp³-hybridized carbons (Fsp3) is 0.238. The highest BCUT2D eigenvalue weighted by molar-refractivity contribution is 5.96. The van der Waals surface area contributed by atoms with Crippen molar-refractivity contribution in [2.24, 2.45) is 0 Å². The molecule has 5 rings (SSSR count). The minimum Gasteiger partial charge on any atom is -0.506 e. The van der Waals surface area contributed by atoms with Gasteiger partial charge < -0.3 is 14.9 Å². The molecule has 8 nitrogen and oxygen atoms in total. The molecule has 0 atom stereocenters. The Labute approximate surface area is 166 Å². The van der Waals surface area contributed by atoms with Crippen LogP contribution in [0.2, 0.25) is 0 Å². The summed E-state index contributed by atoms with van der Waals surface area (Å²) in [7, 11) is 0. The summed E-state index contributed by atoms with van der Waals surface area (Å²) in [5, 5.41) is 16.5. The van der Waals surface area contributed by atoms with Gasteiger partial charge in [-0.1, -0.05) is 24.3 Å². The molecule has 146 valence electrons. The number of amides is 2. The van der Waals surface area contributed by atoms with Gasteiger partial charge in [0.1, 0.15) is 11.4 Å². The zero-order valence-corrected chi connectivity index (χ0v) is 15.6. The number of fused-ring (bicyclic) bond motifs is 2. The standard InChI is InChI=1S/C21H19N5O3/c27-15-5-6-17(22-9-15)20(28)26-11-16-18(12-26)23-24-19(16)21(29)25-8-7-13-3-1-2-4-14(13)10-25/h1-6,9,27H,7-8,10-12H2,(H,23,24). The van der Waals surface area contributed by atoms with E-state index < -0.39 is 0 Å². The van der Waals surface area contributed by atoms with E-state index in [2.05, 4.69) is 27.3 Å². The molecule has 4 heterocycles. The van der Waals surface area contributed by atoms with Crippen LogP contribution >= 0.6 is 0 Å². The molecule has 0 aliphatic carbocycles. The van der Waals surface area contributed by atoms with E-state index in [-0.39, 0.29) is 23.3 Å². The highest BCUT2D eigenvalue weighted by Gasteiger charge is 2.33. The number of hydrogen-bond acceptors (Lipinski definition) is 5. The average molecular weight is 389 g/mol. The number of H-pyrrole nitrogens is 1. The molecular formula is C21H19N5O3. The summed E-state index contributed by atoms with van der Waals surface area (Å²) < 4.78 is 0. The second-order valence-corrected chi connectivity index (χ2v) is 7.34. The van der Waals surface area contributed by atoms with E-state index in [0.29, 0.717) is 31.9 Å². The number of carbonyl (C=O) groups is 2. The van der Waals surface area contributed by atoms with Crippen molar-refractivity contribution in [1.82, 2.24) is 25.0 Å². The SMILES string of the molecule is O=C(c1ccc(O)cn1)N1Cc2[nH]nc(C(=O)N3CCc4ccccc4C3)c2C1. The monoisotopic (exact) mass is 389 g/mol. The van der Waals surface area contributed by atoms with Crippen molar-refractivity contribution in [3.05, 3.63) is 76.4 Å². The third-order valence-electron chi connectivity index (χ3n) is 5.53. The van der Waals surface area contributed by atoms with E-state index in [9.17, 15) is 14.7 Å². The van der Waals surface area contributed by atoms with E-state index in [1.165, 1.54) is 23.9 Å². The normalized spacial score (nSPS) is 15.2. The highest BCUT2D eigenvalue weighted by Crippen LogP contribution is 2.27. The van der Waals surface area contributed by atoms with Gasteiger partial charge >= 0.3 is 0 Å². The van der Waals surface area contributed by atoms with Crippen LogP contribution in [0.5, 0.6) is 5.75 Å². The first-order chi connectivity index (χ1) is 14.1. The average Bonchev–Trinajstić information content (AvgIpc) is 3.34. The van der Waals surface area contributed by atoms with E-state index in [1.54, 1.807) is 4.90 Å². The van der Waals surface area contributed by atoms with Crippen molar-refractivity contribution in [2.45, 2.75) is 26.1 Å². The lowest BCUT2D eigenvalue weighted by atomic mass is 9.99. The molecular weight excluding hydrogens is 370 g/mol. The second kappa shape index (κ2) is 6.73. The second-order valence-electron chi connectivity index (χ2n) is 7.34. The molecule has 1 aromatic carbocycles. The lowest BCUT2D eigenvalue weighted by Crippen LogP contribution is -2.36. The van der Waals surface area contributed by atoms with Crippen LogP contribution in [0.4, 0.5) is 0 Å². The maximum Gasteiger partial charge on any atom is 0.275 e. The van der Waals surface area contributed by atoms with Gasteiger partial charge in [0.25, 0.3) is 11.8 Å². The third kappa shape index (κ3) is 3.02. The van der Waals surface area contributed by atoms with Crippen molar-refractivity contribution >= 4 is 11.8 Å². The number of pyridine rings is 1. The number of aromatic hydroxyl groups is 1. The van der Waals surface area contributed by atoms with Crippen LogP contribution in [0.1, 0.15) is 43.4 Å². The van der Waals surface area contributed by atoms with Crippen LogP contribution in [0.15, 0.2) is 42.6 Å². The van der Waals surface area contributed by atoms with Gasteiger partial charge in [-0.2, -0.15) is 5.10 Å². The smallest absolute Gasteiger partial charge is 0.275 e. The van der Waals surface area contributed by atoms with E-state index >= 15 is 0 Å². The molecule has 0 bridgehead atoms. The zero-order chi connectivity index (χ0) is 20.0. The molecule has 0 saturated carbocycles. The van der Waals surface area contributed by atoms with Gasteiger partial charge in [0.15, 0.2) is 5.69 Å². The van der Waals surface area contributed by atoms with Gasteiger partial charge in [0.2, 0.25) is 0 Å². The minimum absolute atomic E-state index is 0.00776. The number of benzene rings is 1. The molecule has 0 unspecified atom stereocenters. The van der Waals surface area contributed by atoms with Crippen molar-refractivity contribution in [3.63, 3.8) is 0 Å². The number of aromatic nitrogens is 3. The largest absolute Gasteiger partial charge is 0.506 e. The summed E-state index contributed by atoms with van der Waals surface area (Å²) in [6, 6.07) is 11.1. The van der Waals surface area contributed by atoms with Crippen molar-refractivity contribution in [3.8, 4) is 5.75 Å². The first-order valence-electron chi connectivity index (χ1n) is 9.46. The molecule has 2 aliphatic rings. The van der Waals surface area contributed by atoms with Crippen molar-refractivity contribution in [1.29, 1.82) is 0 Å². The fourth-order valence-electron chi connectivity index (χ4n) is 3.95. The van der Waals surface area contributed by atoms with E-state index in [4.69, 9.17) is 0 Å². The van der Waals surface area contributed by atoms with Crippen LogP contribution in [0.3, 0.4) is 0 Å². The maximum atomic E-state index is 13.1. The van der Waals surface area contributed by atoms with Crippen LogP contribution in [-0.2, 0) is 26.1 Å². The quantitative estimate of drug-likeness (QED) is 0.697. The molecule has 29 heavy (non-hydrogen) atoms. The minimum atomic E-state index is -0.250. The molecule has 2 aliphatic heterocycles. The molecule has 2 aromatic heterocycles. The van der Waals surface area contributed by atoms with Gasteiger partial charge in [-0.25, -0.2) is 4.98 Å². The molecule has 0 saturated heterocycles. The van der Waals surface area contributed by atoms with Crippen LogP contribution in [-0.4, -0.2) is 48.4 Å². The number of aromatic amines is 1. The zero-order valence-electron chi connectivity index (χ0n) is 15.6. The highest BCUT2D eigenvalue weighted by atomic mass is 16.3. The fourth-order valence-corrected chi connectivity index (χ4v) is 3.95. The molecule has 0 spiro atoms. The summed E-state index contributed by atoms with van der Waals surface area (Å²) >= 11 is 0. The summed E-state index contributed by atoms with van der Waals surface area (Å²) in [5.41, 5.74) is 4.62. The van der Waals surface area contributed by atoms with E-state index in [0.717, 1.165) is 23.2 Å². The Morgan fingerprint density at radius 3 is 2.59 bits per heavy atom. The molecule has 3 aromatic rings. The van der Waals surface area contributed by atoms with Crippen LogP contribution in [0.25, 0.3) is 0 Å². The number of nitrogens with zero attached hydrogens (tertiary/aromatic N) is 4. The number of hydrogen-bond donors (Lipinski definition) is 2. The lowest BCUT2D eigenvalue weighted by Gasteiger charge is -2.28. The summed E-state index contributed by atoms with van der Waals surface area (Å²) in [5.74, 6) is -0.359. The maximum absolute atomic E-state index is 13.1. The van der Waals surface area contributed by atoms with Gasteiger partial charge in [-0.3, -0.25) is 14.7 Å². The topological polar surface area (TPSA) is 102 Å². The predicted molar refractivity (Wildman–Crippen MR) is 103 cm³/mol. The van der Waals surface area contributed by atoms with Crippen molar-refractivity contribution < 1.29 is 14.7 Å². The predicted octanol–water partition coefficient (Wildman–Crippen LogP) is 1.86. The number of nitrogens with one attached hydrogen (secondary N) is 1. The Balaban J connectivity index is 1.34. The van der Waals surface area contributed by atoms with Crippen LogP contribution in [0, 0.1) is 0 Å². The molecule has 0 fully saturated rings. The molecule has 2 N–H and O–H groups in total. The Kier molecular flexibility index (Phi) is 4.04. The number of carbonyl (C=O) groups excluding carboxylic acids is 2. The Hall–Kier alpha value is -3.68. The van der Waals surface area contributed by atoms with E-state index in [1.807, 2.05) is 17.0 Å². The van der Waals surface area contributed by atoms with Crippen molar-refractivity contribution in [2.75, 3.05) is 6.54 Å². The van der Waals surface area contributed by atoms with Gasteiger partial charge in [0.05, 0.1) is 25.0 Å². The Morgan fingerprint density at radius 2 is 1.79 bits per heavy atom. The van der Waals surface area contributed by atoms with Crippen LogP contribution < -0.4 is 0 Å². The summed E-state index contributed by atoms with van der Waals surface area (Å²) in [4.78, 5) is 33.2. The summed E-state index contributed by atoms with van der Waals surface area (Å²) in [6.45, 7) is 1.87. The first-order valence-corrected chi connectivity index (χ1v) is 9.46. The third-order valence-corrected chi connectivity index (χ3v) is 5.53.